The summed E-state index contributed by atoms with van der Waals surface area (Å²) in [5, 5.41) is 12.5. The lowest BCUT2D eigenvalue weighted by Gasteiger charge is -2.17. The van der Waals surface area contributed by atoms with Crippen LogP contribution in [-0.2, 0) is 22.4 Å². The van der Waals surface area contributed by atoms with Crippen LogP contribution in [0.5, 0.6) is 0 Å². The molecule has 0 fully saturated rings. The first-order valence-corrected chi connectivity index (χ1v) is 10.3. The van der Waals surface area contributed by atoms with Crippen LogP contribution in [0.3, 0.4) is 0 Å². The summed E-state index contributed by atoms with van der Waals surface area (Å²) in [6, 6.07) is 4.22. The quantitative estimate of drug-likeness (QED) is 0.592. The Morgan fingerprint density at radius 1 is 1.17 bits per heavy atom. The van der Waals surface area contributed by atoms with E-state index in [0.29, 0.717) is 12.1 Å². The molecular formula is C22H28N4O3. The van der Waals surface area contributed by atoms with Crippen LogP contribution in [0.1, 0.15) is 67.1 Å². The number of pyridine rings is 1. The minimum Gasteiger partial charge on any atom is -0.481 e. The molecule has 1 aliphatic heterocycles. The summed E-state index contributed by atoms with van der Waals surface area (Å²) in [7, 11) is 0. The van der Waals surface area contributed by atoms with Crippen molar-refractivity contribution >= 4 is 17.6 Å². The van der Waals surface area contributed by atoms with E-state index < -0.39 is 11.9 Å². The molecule has 0 aliphatic carbocycles. The number of aryl methyl sites for hydroxylation is 3. The van der Waals surface area contributed by atoms with Crippen molar-refractivity contribution in [3.8, 4) is 0 Å². The molecule has 0 saturated carbocycles. The fourth-order valence-corrected chi connectivity index (χ4v) is 3.62. The van der Waals surface area contributed by atoms with Crippen molar-refractivity contribution in [3.05, 3.63) is 47.2 Å². The summed E-state index contributed by atoms with van der Waals surface area (Å²) >= 11 is 0. The number of nitrogens with zero attached hydrogens (tertiary/aromatic N) is 3. The molecule has 2 N–H and O–H groups in total. The second-order valence-corrected chi connectivity index (χ2v) is 7.67. The van der Waals surface area contributed by atoms with Gasteiger partial charge >= 0.3 is 5.97 Å². The van der Waals surface area contributed by atoms with Crippen LogP contribution in [0, 0.1) is 6.92 Å². The van der Waals surface area contributed by atoms with Gasteiger partial charge in [0.15, 0.2) is 0 Å². The Hall–Kier alpha value is -2.83. The number of aliphatic carboxylic acids is 1. The fourth-order valence-electron chi connectivity index (χ4n) is 3.62. The summed E-state index contributed by atoms with van der Waals surface area (Å²) in [5.74, 6) is -0.294. The van der Waals surface area contributed by atoms with Gasteiger partial charge in [0.05, 0.1) is 17.8 Å². The molecule has 29 heavy (non-hydrogen) atoms. The van der Waals surface area contributed by atoms with Gasteiger partial charge in [-0.2, -0.15) is 0 Å². The number of nitrogens with one attached hydrogen (secondary N) is 1. The van der Waals surface area contributed by atoms with Crippen LogP contribution < -0.4 is 5.32 Å². The van der Waals surface area contributed by atoms with E-state index in [-0.39, 0.29) is 18.6 Å². The summed E-state index contributed by atoms with van der Waals surface area (Å²) in [5.41, 5.74) is 3.65. The molecule has 0 amide bonds. The number of rotatable bonds is 10. The maximum absolute atomic E-state index is 12.4. The molecule has 154 valence electrons. The van der Waals surface area contributed by atoms with Gasteiger partial charge in [0.25, 0.3) is 0 Å². The van der Waals surface area contributed by atoms with E-state index in [2.05, 4.69) is 32.4 Å². The summed E-state index contributed by atoms with van der Waals surface area (Å²) in [6.45, 7) is 2.79. The first kappa shape index (κ1) is 20.9. The van der Waals surface area contributed by atoms with Crippen molar-refractivity contribution in [1.29, 1.82) is 0 Å². The number of Topliss-reactive ketones (excluding diaryl/α,β-unsaturated/α-hetero) is 1. The minimum absolute atomic E-state index is 0.0682. The SMILES string of the molecule is Cc1cnc([C@@H](CC(=O)O)CC(=O)CCCCc2ccc3c(n2)NCCC3)cn1. The molecular weight excluding hydrogens is 368 g/mol. The van der Waals surface area contributed by atoms with E-state index in [1.165, 1.54) is 5.56 Å². The molecule has 3 rings (SSSR count). The predicted octanol–water partition coefficient (Wildman–Crippen LogP) is 3.47. The highest BCUT2D eigenvalue weighted by Gasteiger charge is 2.21. The monoisotopic (exact) mass is 396 g/mol. The standard InChI is InChI=1S/C22H28N4O3/c1-15-13-25-20(14-24-15)17(12-21(28)29)11-19(27)7-3-2-6-18-9-8-16-5-4-10-23-22(16)26-18/h8-9,13-14,17H,2-7,10-12H2,1H3,(H,23,26)(H,28,29)/t17-/m1/s1. The first-order chi connectivity index (χ1) is 14.0. The zero-order valence-corrected chi connectivity index (χ0v) is 16.9. The van der Waals surface area contributed by atoms with Gasteiger partial charge in [0, 0.05) is 43.4 Å². The third-order valence-corrected chi connectivity index (χ3v) is 5.20. The smallest absolute Gasteiger partial charge is 0.304 e. The predicted molar refractivity (Wildman–Crippen MR) is 110 cm³/mol. The Kier molecular flexibility index (Phi) is 7.27. The van der Waals surface area contributed by atoms with E-state index in [1.807, 2.05) is 6.92 Å². The Balaban J connectivity index is 1.46. The molecule has 0 saturated heterocycles. The van der Waals surface area contributed by atoms with Crippen molar-refractivity contribution in [1.82, 2.24) is 15.0 Å². The average molecular weight is 396 g/mol. The summed E-state index contributed by atoms with van der Waals surface area (Å²) < 4.78 is 0. The van der Waals surface area contributed by atoms with E-state index in [4.69, 9.17) is 5.11 Å². The number of carbonyl (C=O) groups excluding carboxylic acids is 1. The number of anilines is 1. The number of fused-ring (bicyclic) bond motifs is 1. The normalized spacial score (nSPS) is 14.0. The van der Waals surface area contributed by atoms with E-state index in [1.54, 1.807) is 12.4 Å². The number of ketones is 1. The molecule has 2 aromatic heterocycles. The maximum Gasteiger partial charge on any atom is 0.304 e. The van der Waals surface area contributed by atoms with Crippen LogP contribution in [0.4, 0.5) is 5.82 Å². The third-order valence-electron chi connectivity index (χ3n) is 5.20. The molecule has 7 nitrogen and oxygen atoms in total. The molecule has 7 heteroatoms. The largest absolute Gasteiger partial charge is 0.481 e. The zero-order chi connectivity index (χ0) is 20.6. The van der Waals surface area contributed by atoms with Crippen molar-refractivity contribution < 1.29 is 14.7 Å². The first-order valence-electron chi connectivity index (χ1n) is 10.3. The maximum atomic E-state index is 12.4. The summed E-state index contributed by atoms with van der Waals surface area (Å²) in [6.07, 6.45) is 8.40. The van der Waals surface area contributed by atoms with Crippen molar-refractivity contribution in [2.75, 3.05) is 11.9 Å². The topological polar surface area (TPSA) is 105 Å². The van der Waals surface area contributed by atoms with E-state index in [9.17, 15) is 9.59 Å². The number of unbranched alkanes of at least 4 members (excludes halogenated alkanes) is 1. The third kappa shape index (κ3) is 6.34. The van der Waals surface area contributed by atoms with Gasteiger partial charge in [-0.25, -0.2) is 4.98 Å². The molecule has 0 aromatic carbocycles. The molecule has 2 aromatic rings. The molecule has 0 bridgehead atoms. The average Bonchev–Trinajstić information content (AvgIpc) is 2.71. The van der Waals surface area contributed by atoms with Gasteiger partial charge in [0.2, 0.25) is 0 Å². The number of carboxylic acid groups (broad SMARTS) is 1. The molecule has 1 aliphatic rings. The lowest BCUT2D eigenvalue weighted by Crippen LogP contribution is -2.14. The zero-order valence-electron chi connectivity index (χ0n) is 16.9. The van der Waals surface area contributed by atoms with Crippen LogP contribution in [0.2, 0.25) is 0 Å². The second kappa shape index (κ2) is 10.1. The van der Waals surface area contributed by atoms with Gasteiger partial charge < -0.3 is 10.4 Å². The highest BCUT2D eigenvalue weighted by molar-refractivity contribution is 5.80. The van der Waals surface area contributed by atoms with Crippen molar-refractivity contribution in [2.45, 2.75) is 64.2 Å². The molecule has 3 heterocycles. The van der Waals surface area contributed by atoms with Gasteiger partial charge in [-0.05, 0) is 50.7 Å². The number of hydrogen-bond acceptors (Lipinski definition) is 6. The second-order valence-electron chi connectivity index (χ2n) is 7.67. The number of carboxylic acids is 1. The number of hydrogen-bond donors (Lipinski definition) is 2. The Labute approximate surface area is 171 Å². The fraction of sp³-hybridized carbons (Fsp3) is 0.500. The summed E-state index contributed by atoms with van der Waals surface area (Å²) in [4.78, 5) is 36.7. The highest BCUT2D eigenvalue weighted by atomic mass is 16.4. The van der Waals surface area contributed by atoms with Crippen LogP contribution in [0.25, 0.3) is 0 Å². The van der Waals surface area contributed by atoms with E-state index >= 15 is 0 Å². The molecule has 0 radical (unpaired) electrons. The number of aromatic nitrogens is 3. The Morgan fingerprint density at radius 3 is 2.79 bits per heavy atom. The van der Waals surface area contributed by atoms with Gasteiger partial charge in [0.1, 0.15) is 11.6 Å². The van der Waals surface area contributed by atoms with Gasteiger partial charge in [-0.15, -0.1) is 0 Å². The Bertz CT molecular complexity index is 852. The van der Waals surface area contributed by atoms with Gasteiger partial charge in [-0.1, -0.05) is 6.07 Å². The van der Waals surface area contributed by atoms with Gasteiger partial charge in [-0.3, -0.25) is 19.6 Å². The molecule has 0 unspecified atom stereocenters. The highest BCUT2D eigenvalue weighted by Crippen LogP contribution is 2.23. The minimum atomic E-state index is -0.933. The van der Waals surface area contributed by atoms with Crippen LogP contribution in [-0.4, -0.2) is 38.4 Å². The van der Waals surface area contributed by atoms with Crippen LogP contribution in [0.15, 0.2) is 24.5 Å². The Morgan fingerprint density at radius 2 is 2.03 bits per heavy atom. The lowest BCUT2D eigenvalue weighted by molar-refractivity contribution is -0.137. The van der Waals surface area contributed by atoms with Crippen LogP contribution >= 0.6 is 0 Å². The van der Waals surface area contributed by atoms with Crippen molar-refractivity contribution in [3.63, 3.8) is 0 Å². The molecule has 1 atom stereocenters. The lowest BCUT2D eigenvalue weighted by atomic mass is 9.93. The molecule has 0 spiro atoms. The van der Waals surface area contributed by atoms with Crippen molar-refractivity contribution in [2.24, 2.45) is 0 Å². The van der Waals surface area contributed by atoms with E-state index in [0.717, 1.165) is 55.9 Å². The number of carbonyl (C=O) groups is 2.